The Labute approximate surface area is 160 Å². The second kappa shape index (κ2) is 7.34. The summed E-state index contributed by atoms with van der Waals surface area (Å²) in [5.41, 5.74) is 6.60. The van der Waals surface area contributed by atoms with E-state index >= 15 is 0 Å². The van der Waals surface area contributed by atoms with Crippen molar-refractivity contribution >= 4 is 17.3 Å². The topological polar surface area (TPSA) is 32.3 Å². The minimum absolute atomic E-state index is 0.132. The lowest BCUT2D eigenvalue weighted by molar-refractivity contribution is -0.117. The van der Waals surface area contributed by atoms with Gasteiger partial charge in [0.25, 0.3) is 0 Å². The lowest BCUT2D eigenvalue weighted by Crippen LogP contribution is -2.30. The third-order valence-corrected chi connectivity index (χ3v) is 6.03. The number of hydrogen-bond acceptors (Lipinski definition) is 2. The Hall–Kier alpha value is -2.36. The molecule has 1 heterocycles. The highest BCUT2D eigenvalue weighted by Crippen LogP contribution is 2.32. The molecule has 2 aromatic rings. The SMILES string of the molecule is Cc1cc(N2CCc3cc(F)ccc3C2)cc(C)c1NC(=O)CC1CCC1. The summed E-state index contributed by atoms with van der Waals surface area (Å²) in [6.07, 6.45) is 5.12. The van der Waals surface area contributed by atoms with Gasteiger partial charge in [-0.3, -0.25) is 4.79 Å². The molecule has 0 saturated heterocycles. The number of hydrogen-bond donors (Lipinski definition) is 1. The van der Waals surface area contributed by atoms with Gasteiger partial charge in [-0.25, -0.2) is 4.39 Å². The van der Waals surface area contributed by atoms with Crippen molar-refractivity contribution in [2.45, 2.75) is 52.5 Å². The van der Waals surface area contributed by atoms with E-state index in [0.717, 1.165) is 47.6 Å². The highest BCUT2D eigenvalue weighted by molar-refractivity contribution is 5.93. The second-order valence-electron chi connectivity index (χ2n) is 8.09. The van der Waals surface area contributed by atoms with E-state index < -0.39 is 0 Å². The molecule has 0 aromatic heterocycles. The van der Waals surface area contributed by atoms with E-state index in [1.807, 2.05) is 6.07 Å². The first kappa shape index (κ1) is 18.0. The van der Waals surface area contributed by atoms with Gasteiger partial charge in [-0.1, -0.05) is 12.5 Å². The first-order chi connectivity index (χ1) is 13.0. The van der Waals surface area contributed by atoms with Gasteiger partial charge in [-0.15, -0.1) is 0 Å². The molecule has 0 radical (unpaired) electrons. The Morgan fingerprint density at radius 3 is 2.56 bits per heavy atom. The Balaban J connectivity index is 1.49. The van der Waals surface area contributed by atoms with Crippen LogP contribution in [0.15, 0.2) is 30.3 Å². The normalized spacial score (nSPS) is 16.6. The maximum atomic E-state index is 13.4. The summed E-state index contributed by atoms with van der Waals surface area (Å²) in [5, 5.41) is 3.13. The van der Waals surface area contributed by atoms with Crippen LogP contribution in [0.2, 0.25) is 0 Å². The lowest BCUT2D eigenvalue weighted by atomic mass is 9.83. The number of carbonyl (C=O) groups excluding carboxylic acids is 1. The molecule has 2 aliphatic rings. The third-order valence-electron chi connectivity index (χ3n) is 6.03. The van der Waals surface area contributed by atoms with Crippen LogP contribution in [0, 0.1) is 25.6 Å². The summed E-state index contributed by atoms with van der Waals surface area (Å²) < 4.78 is 13.4. The van der Waals surface area contributed by atoms with Gasteiger partial charge in [0.2, 0.25) is 5.91 Å². The molecule has 142 valence electrons. The van der Waals surface area contributed by atoms with Gasteiger partial charge in [0.15, 0.2) is 0 Å². The Bertz CT molecular complexity index is 850. The van der Waals surface area contributed by atoms with Crippen molar-refractivity contribution < 1.29 is 9.18 Å². The number of amides is 1. The number of aryl methyl sites for hydroxylation is 2. The van der Waals surface area contributed by atoms with Gasteiger partial charge in [0.05, 0.1) is 0 Å². The molecule has 4 heteroatoms. The van der Waals surface area contributed by atoms with Crippen molar-refractivity contribution in [2.75, 3.05) is 16.8 Å². The van der Waals surface area contributed by atoms with E-state index in [4.69, 9.17) is 0 Å². The molecule has 27 heavy (non-hydrogen) atoms. The lowest BCUT2D eigenvalue weighted by Gasteiger charge is -2.32. The predicted molar refractivity (Wildman–Crippen MR) is 108 cm³/mol. The fourth-order valence-corrected chi connectivity index (χ4v) is 4.21. The number of nitrogens with one attached hydrogen (secondary N) is 1. The minimum atomic E-state index is -0.157. The maximum Gasteiger partial charge on any atom is 0.224 e. The Morgan fingerprint density at radius 1 is 1.15 bits per heavy atom. The fraction of sp³-hybridized carbons (Fsp3) is 0.435. The Kier molecular flexibility index (Phi) is 4.90. The van der Waals surface area contributed by atoms with Crippen molar-refractivity contribution in [1.82, 2.24) is 0 Å². The molecule has 4 rings (SSSR count). The number of halogens is 1. The number of benzene rings is 2. The Morgan fingerprint density at radius 2 is 1.89 bits per heavy atom. The van der Waals surface area contributed by atoms with Crippen LogP contribution in [0.25, 0.3) is 0 Å². The van der Waals surface area contributed by atoms with E-state index in [-0.39, 0.29) is 11.7 Å². The number of rotatable bonds is 4. The molecule has 1 saturated carbocycles. The summed E-state index contributed by atoms with van der Waals surface area (Å²) in [5.74, 6) is 0.548. The van der Waals surface area contributed by atoms with E-state index in [0.29, 0.717) is 12.3 Å². The molecule has 2 aromatic carbocycles. The summed E-state index contributed by atoms with van der Waals surface area (Å²) in [4.78, 5) is 14.7. The first-order valence-corrected chi connectivity index (χ1v) is 9.93. The number of carbonyl (C=O) groups is 1. The van der Waals surface area contributed by atoms with Crippen LogP contribution in [0.3, 0.4) is 0 Å². The molecule has 3 nitrogen and oxygen atoms in total. The molecule has 1 aliphatic heterocycles. The molecule has 1 fully saturated rings. The molecule has 0 bridgehead atoms. The van der Waals surface area contributed by atoms with Gasteiger partial charge < -0.3 is 10.2 Å². The predicted octanol–water partition coefficient (Wildman–Crippen LogP) is 5.13. The van der Waals surface area contributed by atoms with Crippen molar-refractivity contribution in [1.29, 1.82) is 0 Å². The van der Waals surface area contributed by atoms with Crippen LogP contribution in [-0.4, -0.2) is 12.5 Å². The van der Waals surface area contributed by atoms with Crippen molar-refractivity contribution in [2.24, 2.45) is 5.92 Å². The van der Waals surface area contributed by atoms with E-state index in [9.17, 15) is 9.18 Å². The van der Waals surface area contributed by atoms with Crippen LogP contribution in [0.1, 0.15) is 47.9 Å². The van der Waals surface area contributed by atoms with E-state index in [1.54, 1.807) is 12.1 Å². The minimum Gasteiger partial charge on any atom is -0.367 e. The van der Waals surface area contributed by atoms with Crippen molar-refractivity contribution in [3.05, 3.63) is 58.4 Å². The average Bonchev–Trinajstić information content (AvgIpc) is 2.60. The van der Waals surface area contributed by atoms with Gasteiger partial charge in [-0.2, -0.15) is 0 Å². The van der Waals surface area contributed by atoms with Crippen molar-refractivity contribution in [3.8, 4) is 0 Å². The van der Waals surface area contributed by atoms with Gasteiger partial charge in [-0.05, 0) is 85.5 Å². The molecule has 1 amide bonds. The molecule has 0 spiro atoms. The molecule has 0 unspecified atom stereocenters. The van der Waals surface area contributed by atoms with Crippen LogP contribution in [0.4, 0.5) is 15.8 Å². The van der Waals surface area contributed by atoms with Crippen LogP contribution >= 0.6 is 0 Å². The fourth-order valence-electron chi connectivity index (χ4n) is 4.21. The zero-order chi connectivity index (χ0) is 19.0. The zero-order valence-corrected chi connectivity index (χ0v) is 16.1. The van der Waals surface area contributed by atoms with E-state index in [1.165, 1.54) is 24.8 Å². The smallest absolute Gasteiger partial charge is 0.224 e. The quantitative estimate of drug-likeness (QED) is 0.813. The van der Waals surface area contributed by atoms with Gasteiger partial charge in [0, 0.05) is 30.9 Å². The maximum absolute atomic E-state index is 13.4. The summed E-state index contributed by atoms with van der Waals surface area (Å²) in [6.45, 7) is 5.79. The summed E-state index contributed by atoms with van der Waals surface area (Å²) in [6, 6.07) is 9.40. The largest absolute Gasteiger partial charge is 0.367 e. The van der Waals surface area contributed by atoms with E-state index in [2.05, 4.69) is 36.2 Å². The summed E-state index contributed by atoms with van der Waals surface area (Å²) >= 11 is 0. The number of fused-ring (bicyclic) bond motifs is 1. The van der Waals surface area contributed by atoms with Gasteiger partial charge in [0.1, 0.15) is 5.82 Å². The number of nitrogens with zero attached hydrogens (tertiary/aromatic N) is 1. The van der Waals surface area contributed by atoms with Crippen LogP contribution in [0.5, 0.6) is 0 Å². The molecule has 1 aliphatic carbocycles. The van der Waals surface area contributed by atoms with Crippen LogP contribution < -0.4 is 10.2 Å². The molecule has 0 atom stereocenters. The third kappa shape index (κ3) is 3.85. The summed E-state index contributed by atoms with van der Waals surface area (Å²) in [7, 11) is 0. The monoisotopic (exact) mass is 366 g/mol. The molecular weight excluding hydrogens is 339 g/mol. The van der Waals surface area contributed by atoms with Gasteiger partial charge >= 0.3 is 0 Å². The highest BCUT2D eigenvalue weighted by atomic mass is 19.1. The number of anilines is 2. The standard InChI is InChI=1S/C23H27FN2O/c1-15-10-21(26-9-8-18-13-20(24)7-6-19(18)14-26)11-16(2)23(15)25-22(27)12-17-4-3-5-17/h6-7,10-11,13,17H,3-5,8-9,12,14H2,1-2H3,(H,25,27). The zero-order valence-electron chi connectivity index (χ0n) is 16.1. The highest BCUT2D eigenvalue weighted by Gasteiger charge is 2.22. The molecule has 1 N–H and O–H groups in total. The molecular formula is C23H27FN2O. The average molecular weight is 366 g/mol. The second-order valence-corrected chi connectivity index (χ2v) is 8.09. The first-order valence-electron chi connectivity index (χ1n) is 9.93. The van der Waals surface area contributed by atoms with Crippen LogP contribution in [-0.2, 0) is 17.8 Å². The van der Waals surface area contributed by atoms with Crippen molar-refractivity contribution in [3.63, 3.8) is 0 Å².